The predicted octanol–water partition coefficient (Wildman–Crippen LogP) is -0.863. The Morgan fingerprint density at radius 3 is 1.00 bits per heavy atom. The molecule has 0 unspecified atom stereocenters. The summed E-state index contributed by atoms with van der Waals surface area (Å²) in [6.45, 7) is 0. The molecule has 0 saturated carbocycles. The first kappa shape index (κ1) is 17.9. The molecule has 0 fully saturated rings. The zero-order valence-corrected chi connectivity index (χ0v) is 5.60. The zero-order valence-electron chi connectivity index (χ0n) is 3.50. The first-order valence-electron chi connectivity index (χ1n) is 1.00. The third-order valence-electron chi connectivity index (χ3n) is 0. The van der Waals surface area contributed by atoms with Crippen molar-refractivity contribution in [3.05, 3.63) is 0 Å². The molecule has 3 heteroatoms. The van der Waals surface area contributed by atoms with Crippen LogP contribution in [0.2, 0.25) is 11.5 Å². The molecule has 34 valence electrons. The first-order chi connectivity index (χ1) is 1.41. The molecule has 0 atom stereocenters. The maximum absolute atomic E-state index is 2.25. The summed E-state index contributed by atoms with van der Waals surface area (Å²) in [5.41, 5.74) is 0. The Labute approximate surface area is 38.7 Å². The summed E-state index contributed by atoms with van der Waals surface area (Å²) in [5, 5.41) is 0. The van der Waals surface area contributed by atoms with Gasteiger partial charge >= 0.3 is 26.9 Å². The van der Waals surface area contributed by atoms with Crippen LogP contribution in [-0.2, 0) is 0 Å². The Morgan fingerprint density at radius 1 is 1.00 bits per heavy atom. The molecule has 0 aliphatic carbocycles. The SMILES string of the molecule is O.O.[CH3][Ge][CH3]. The molecule has 0 aliphatic heterocycles. The molecular formula is C2H10GeO2. The van der Waals surface area contributed by atoms with Crippen LogP contribution in [0.3, 0.4) is 0 Å². The Kier molecular flexibility index (Phi) is 89.7. The van der Waals surface area contributed by atoms with Gasteiger partial charge in [0.1, 0.15) is 0 Å². The summed E-state index contributed by atoms with van der Waals surface area (Å²) in [4.78, 5) is 0. The molecule has 0 aromatic heterocycles. The summed E-state index contributed by atoms with van der Waals surface area (Å²) in [5.74, 6) is 4.50. The second-order valence-corrected chi connectivity index (χ2v) is 2.60. The van der Waals surface area contributed by atoms with E-state index in [1.807, 2.05) is 0 Å². The predicted molar refractivity (Wildman–Crippen MR) is 24.7 cm³/mol. The van der Waals surface area contributed by atoms with Crippen molar-refractivity contribution in [3.63, 3.8) is 0 Å². The van der Waals surface area contributed by atoms with Crippen LogP contribution in [0.4, 0.5) is 0 Å². The van der Waals surface area contributed by atoms with Crippen LogP contribution in [-0.4, -0.2) is 26.4 Å². The van der Waals surface area contributed by atoms with Gasteiger partial charge in [0.2, 0.25) is 0 Å². The number of hydrogen-bond acceptors (Lipinski definition) is 0. The van der Waals surface area contributed by atoms with Crippen LogP contribution < -0.4 is 0 Å². The summed E-state index contributed by atoms with van der Waals surface area (Å²) < 4.78 is 0. The van der Waals surface area contributed by atoms with Crippen molar-refractivity contribution in [3.8, 4) is 0 Å². The molecule has 2 radical (unpaired) electrons. The van der Waals surface area contributed by atoms with Gasteiger partial charge < -0.3 is 11.0 Å². The zero-order chi connectivity index (χ0) is 2.71. The van der Waals surface area contributed by atoms with E-state index in [2.05, 4.69) is 11.5 Å². The molecular weight excluding hydrogens is 129 g/mol. The minimum atomic E-state index is 0. The van der Waals surface area contributed by atoms with Crippen LogP contribution >= 0.6 is 0 Å². The van der Waals surface area contributed by atoms with Gasteiger partial charge in [0.05, 0.1) is 0 Å². The molecule has 0 aromatic carbocycles. The Balaban J connectivity index is -0.0000000200. The van der Waals surface area contributed by atoms with E-state index in [4.69, 9.17) is 0 Å². The summed E-state index contributed by atoms with van der Waals surface area (Å²) in [6, 6.07) is 0. The van der Waals surface area contributed by atoms with Crippen LogP contribution in [0.5, 0.6) is 0 Å². The molecule has 5 heavy (non-hydrogen) atoms. The van der Waals surface area contributed by atoms with Crippen molar-refractivity contribution < 1.29 is 11.0 Å². The van der Waals surface area contributed by atoms with E-state index in [0.29, 0.717) is 15.4 Å². The van der Waals surface area contributed by atoms with E-state index >= 15 is 0 Å². The monoisotopic (exact) mass is 140 g/mol. The second-order valence-electron chi connectivity index (χ2n) is 0.500. The molecule has 0 rings (SSSR count). The van der Waals surface area contributed by atoms with Gasteiger partial charge in [-0.05, 0) is 0 Å². The van der Waals surface area contributed by atoms with E-state index in [-0.39, 0.29) is 11.0 Å². The molecule has 2 nitrogen and oxygen atoms in total. The van der Waals surface area contributed by atoms with Gasteiger partial charge in [-0.2, -0.15) is 0 Å². The van der Waals surface area contributed by atoms with Crippen LogP contribution in [0.15, 0.2) is 0 Å². The van der Waals surface area contributed by atoms with Crippen LogP contribution in [0.1, 0.15) is 0 Å². The van der Waals surface area contributed by atoms with Crippen molar-refractivity contribution in [1.82, 2.24) is 0 Å². The van der Waals surface area contributed by atoms with Gasteiger partial charge in [0, 0.05) is 0 Å². The molecule has 4 N–H and O–H groups in total. The topological polar surface area (TPSA) is 63.0 Å². The average Bonchev–Trinajstić information content (AvgIpc) is 0.918. The summed E-state index contributed by atoms with van der Waals surface area (Å²) in [7, 11) is 0. The Hall–Kier alpha value is 0.463. The molecule has 0 aromatic rings. The fraction of sp³-hybridized carbons (Fsp3) is 1.00. The van der Waals surface area contributed by atoms with Crippen LogP contribution in [0.25, 0.3) is 0 Å². The first-order valence-corrected chi connectivity index (χ1v) is 5.20. The fourth-order valence-electron chi connectivity index (χ4n) is 0. The Bertz CT molecular complexity index is 7.61. The van der Waals surface area contributed by atoms with Gasteiger partial charge in [0.15, 0.2) is 0 Å². The normalized spacial score (nSPS) is 3.60. The maximum atomic E-state index is 2.25. The average molecular weight is 139 g/mol. The Morgan fingerprint density at radius 2 is 1.00 bits per heavy atom. The quantitative estimate of drug-likeness (QED) is 0.391. The molecule has 0 aliphatic rings. The van der Waals surface area contributed by atoms with Gasteiger partial charge in [-0.3, -0.25) is 0 Å². The van der Waals surface area contributed by atoms with Crippen molar-refractivity contribution >= 4 is 15.4 Å². The molecule has 0 bridgehead atoms. The van der Waals surface area contributed by atoms with Crippen molar-refractivity contribution in [2.45, 2.75) is 11.5 Å². The van der Waals surface area contributed by atoms with E-state index in [1.54, 1.807) is 0 Å². The number of hydrogen-bond donors (Lipinski definition) is 0. The van der Waals surface area contributed by atoms with Crippen molar-refractivity contribution in [2.75, 3.05) is 0 Å². The summed E-state index contributed by atoms with van der Waals surface area (Å²) in [6.07, 6.45) is 0. The molecule has 0 spiro atoms. The van der Waals surface area contributed by atoms with Gasteiger partial charge in [-0.15, -0.1) is 0 Å². The molecule has 0 amide bonds. The third-order valence-corrected chi connectivity index (χ3v) is 0. The van der Waals surface area contributed by atoms with Gasteiger partial charge in [-0.25, -0.2) is 0 Å². The van der Waals surface area contributed by atoms with E-state index in [0.717, 1.165) is 0 Å². The van der Waals surface area contributed by atoms with Gasteiger partial charge in [0.25, 0.3) is 0 Å². The van der Waals surface area contributed by atoms with Gasteiger partial charge in [-0.1, -0.05) is 0 Å². The number of rotatable bonds is 0. The van der Waals surface area contributed by atoms with E-state index in [1.165, 1.54) is 0 Å². The second kappa shape index (κ2) is 25.0. The molecule has 0 heterocycles. The minimum absolute atomic E-state index is 0. The van der Waals surface area contributed by atoms with Crippen molar-refractivity contribution in [1.29, 1.82) is 0 Å². The third kappa shape index (κ3) is 126. The fourth-order valence-corrected chi connectivity index (χ4v) is 0. The molecule has 0 saturated heterocycles. The van der Waals surface area contributed by atoms with Crippen molar-refractivity contribution in [2.24, 2.45) is 0 Å². The summed E-state index contributed by atoms with van der Waals surface area (Å²) >= 11 is 0.500. The van der Waals surface area contributed by atoms with E-state index in [9.17, 15) is 0 Å². The standard InChI is InChI=1S/C2H6Ge.2H2O/c1-3-2;;/h1-2H3;2*1H2. The van der Waals surface area contributed by atoms with Crippen LogP contribution in [0, 0.1) is 0 Å². The van der Waals surface area contributed by atoms with E-state index < -0.39 is 0 Å².